The third-order valence-corrected chi connectivity index (χ3v) is 1.93. The summed E-state index contributed by atoms with van der Waals surface area (Å²) in [5, 5.41) is 0. The van der Waals surface area contributed by atoms with Crippen LogP contribution in [0.2, 0.25) is 0 Å². The van der Waals surface area contributed by atoms with E-state index in [1.54, 1.807) is 0 Å². The van der Waals surface area contributed by atoms with E-state index in [0.29, 0.717) is 0 Å². The Labute approximate surface area is 88.7 Å². The molecule has 0 N–H and O–H groups in total. The molecule has 0 bridgehead atoms. The van der Waals surface area contributed by atoms with Gasteiger partial charge >= 0.3 is 0 Å². The molecule has 0 aliphatic carbocycles. The first-order chi connectivity index (χ1) is 6.91. The van der Waals surface area contributed by atoms with E-state index in [9.17, 15) is 0 Å². The van der Waals surface area contributed by atoms with Crippen molar-refractivity contribution >= 4 is 0 Å². The normalized spacial score (nSPS) is 8.64. The first-order valence-electron chi connectivity index (χ1n) is 5.52. The summed E-state index contributed by atoms with van der Waals surface area (Å²) in [6, 6.07) is 12.0. The first-order valence-corrected chi connectivity index (χ1v) is 5.52. The Balaban J connectivity index is 0.000000249. The third-order valence-electron chi connectivity index (χ3n) is 1.93. The van der Waals surface area contributed by atoms with Gasteiger partial charge in [-0.15, -0.1) is 6.58 Å². The average molecular weight is 190 g/mol. The molecule has 0 radical (unpaired) electrons. The van der Waals surface area contributed by atoms with E-state index in [2.05, 4.69) is 13.5 Å². The molecule has 0 saturated carbocycles. The predicted molar refractivity (Wildman–Crippen MR) is 65.4 cm³/mol. The van der Waals surface area contributed by atoms with Gasteiger partial charge in [-0.3, -0.25) is 0 Å². The fourth-order valence-electron chi connectivity index (χ4n) is 1.10. The number of hydrogen-bond donors (Lipinski definition) is 0. The molecule has 0 amide bonds. The van der Waals surface area contributed by atoms with Crippen molar-refractivity contribution in [2.45, 2.75) is 39.0 Å². The van der Waals surface area contributed by atoms with Crippen molar-refractivity contribution in [1.29, 1.82) is 0 Å². The van der Waals surface area contributed by atoms with E-state index < -0.39 is 0 Å². The summed E-state index contributed by atoms with van der Waals surface area (Å²) in [6.07, 6.45) is 8.61. The molecule has 0 unspecified atom stereocenters. The van der Waals surface area contributed by atoms with Gasteiger partial charge in [0.1, 0.15) is 0 Å². The van der Waals surface area contributed by atoms with Crippen LogP contribution in [0.15, 0.2) is 49.1 Å². The summed E-state index contributed by atoms with van der Waals surface area (Å²) >= 11 is 0. The number of benzene rings is 1. The van der Waals surface area contributed by atoms with Gasteiger partial charge in [-0.2, -0.15) is 0 Å². The van der Waals surface area contributed by atoms with Crippen molar-refractivity contribution in [3.8, 4) is 0 Å². The van der Waals surface area contributed by atoms with E-state index in [1.165, 1.54) is 32.1 Å². The predicted octanol–water partition coefficient (Wildman–Crippen LogP) is 4.83. The summed E-state index contributed by atoms with van der Waals surface area (Å²) < 4.78 is 0. The Hall–Kier alpha value is -1.04. The molecule has 0 saturated heterocycles. The molecule has 0 atom stereocenters. The second-order valence-electron chi connectivity index (χ2n) is 3.29. The van der Waals surface area contributed by atoms with Crippen LogP contribution in [0.3, 0.4) is 0 Å². The third kappa shape index (κ3) is 11.0. The topological polar surface area (TPSA) is 0 Å². The fourth-order valence-corrected chi connectivity index (χ4v) is 1.10. The molecule has 1 rings (SSSR count). The van der Waals surface area contributed by atoms with Gasteiger partial charge in [-0.05, 0) is 12.8 Å². The summed E-state index contributed by atoms with van der Waals surface area (Å²) in [5.41, 5.74) is 0. The number of rotatable bonds is 5. The van der Waals surface area contributed by atoms with Gasteiger partial charge in [0.15, 0.2) is 0 Å². The standard InChI is InChI=1S/C8H16.C6H6/c1-3-5-7-8-6-4-2;1-2-4-6-5-3-1/h3H,1,4-8H2,2H3;1-6H. The summed E-state index contributed by atoms with van der Waals surface area (Å²) in [5.74, 6) is 0. The van der Waals surface area contributed by atoms with Crippen LogP contribution in [0.5, 0.6) is 0 Å². The fraction of sp³-hybridized carbons (Fsp3) is 0.429. The highest BCUT2D eigenvalue weighted by Gasteiger charge is 1.81. The van der Waals surface area contributed by atoms with Crippen molar-refractivity contribution < 1.29 is 0 Å². The second-order valence-corrected chi connectivity index (χ2v) is 3.29. The van der Waals surface area contributed by atoms with E-state index >= 15 is 0 Å². The highest BCUT2D eigenvalue weighted by atomic mass is 13.9. The monoisotopic (exact) mass is 190 g/mol. The summed E-state index contributed by atoms with van der Waals surface area (Å²) in [7, 11) is 0. The van der Waals surface area contributed by atoms with E-state index in [1.807, 2.05) is 42.5 Å². The van der Waals surface area contributed by atoms with Crippen LogP contribution in [-0.4, -0.2) is 0 Å². The van der Waals surface area contributed by atoms with Crippen LogP contribution in [0.25, 0.3) is 0 Å². The molecule has 0 aromatic heterocycles. The minimum atomic E-state index is 1.19. The largest absolute Gasteiger partial charge is 0.103 e. The molecule has 0 aliphatic heterocycles. The molecular formula is C14H22. The molecule has 14 heavy (non-hydrogen) atoms. The van der Waals surface area contributed by atoms with Gasteiger partial charge in [-0.25, -0.2) is 0 Å². The zero-order chi connectivity index (χ0) is 10.5. The molecular weight excluding hydrogens is 168 g/mol. The van der Waals surface area contributed by atoms with Gasteiger partial charge in [0.25, 0.3) is 0 Å². The zero-order valence-electron chi connectivity index (χ0n) is 9.28. The summed E-state index contributed by atoms with van der Waals surface area (Å²) in [6.45, 7) is 5.89. The van der Waals surface area contributed by atoms with Crippen molar-refractivity contribution in [3.63, 3.8) is 0 Å². The van der Waals surface area contributed by atoms with Crippen LogP contribution >= 0.6 is 0 Å². The molecule has 0 heterocycles. The Morgan fingerprint density at radius 2 is 1.36 bits per heavy atom. The maximum Gasteiger partial charge on any atom is -0.0353 e. The Morgan fingerprint density at radius 1 is 0.857 bits per heavy atom. The van der Waals surface area contributed by atoms with Gasteiger partial charge < -0.3 is 0 Å². The van der Waals surface area contributed by atoms with Gasteiger partial charge in [0.05, 0.1) is 0 Å². The van der Waals surface area contributed by atoms with E-state index in [4.69, 9.17) is 0 Å². The van der Waals surface area contributed by atoms with Crippen molar-refractivity contribution in [2.24, 2.45) is 0 Å². The SMILES string of the molecule is C=CCCCCCC.c1ccccc1. The lowest BCUT2D eigenvalue weighted by Crippen LogP contribution is -1.71. The smallest absolute Gasteiger partial charge is 0.0353 e. The second kappa shape index (κ2) is 12.0. The van der Waals surface area contributed by atoms with Crippen molar-refractivity contribution in [2.75, 3.05) is 0 Å². The molecule has 1 aromatic rings. The molecule has 78 valence electrons. The lowest BCUT2D eigenvalue weighted by Gasteiger charge is -1.91. The average Bonchev–Trinajstić information content (AvgIpc) is 2.28. The maximum absolute atomic E-state index is 3.66. The Kier molecular flexibility index (Phi) is 11.1. The molecule has 0 fully saturated rings. The Morgan fingerprint density at radius 3 is 1.71 bits per heavy atom. The number of allylic oxidation sites excluding steroid dienone is 1. The van der Waals surface area contributed by atoms with Gasteiger partial charge in [-0.1, -0.05) is 68.7 Å². The Bertz CT molecular complexity index is 162. The molecule has 0 spiro atoms. The van der Waals surface area contributed by atoms with Crippen molar-refractivity contribution in [1.82, 2.24) is 0 Å². The molecule has 0 aliphatic rings. The van der Waals surface area contributed by atoms with Crippen molar-refractivity contribution in [3.05, 3.63) is 49.1 Å². The minimum Gasteiger partial charge on any atom is -0.103 e. The number of hydrogen-bond acceptors (Lipinski definition) is 0. The van der Waals surface area contributed by atoms with E-state index in [0.717, 1.165) is 0 Å². The summed E-state index contributed by atoms with van der Waals surface area (Å²) in [4.78, 5) is 0. The van der Waals surface area contributed by atoms with Gasteiger partial charge in [0, 0.05) is 0 Å². The minimum absolute atomic E-state index is 1.19. The van der Waals surface area contributed by atoms with Crippen LogP contribution in [0, 0.1) is 0 Å². The number of unbranched alkanes of at least 4 members (excludes halogenated alkanes) is 4. The van der Waals surface area contributed by atoms with Crippen LogP contribution in [0.1, 0.15) is 39.0 Å². The lowest BCUT2D eigenvalue weighted by molar-refractivity contribution is 0.675. The van der Waals surface area contributed by atoms with Crippen LogP contribution in [-0.2, 0) is 0 Å². The molecule has 1 aromatic carbocycles. The quantitative estimate of drug-likeness (QED) is 0.461. The highest BCUT2D eigenvalue weighted by Crippen LogP contribution is 2.01. The zero-order valence-corrected chi connectivity index (χ0v) is 9.28. The highest BCUT2D eigenvalue weighted by molar-refractivity contribution is 4.99. The maximum atomic E-state index is 3.66. The first kappa shape index (κ1) is 13.0. The lowest BCUT2D eigenvalue weighted by atomic mass is 10.2. The molecule has 0 heteroatoms. The van der Waals surface area contributed by atoms with Gasteiger partial charge in [0.2, 0.25) is 0 Å². The van der Waals surface area contributed by atoms with Crippen LogP contribution < -0.4 is 0 Å². The van der Waals surface area contributed by atoms with Crippen LogP contribution in [0.4, 0.5) is 0 Å². The van der Waals surface area contributed by atoms with E-state index in [-0.39, 0.29) is 0 Å². The molecule has 0 nitrogen and oxygen atoms in total.